The molecule has 1 aliphatic heterocycles. The van der Waals surface area contributed by atoms with Crippen molar-refractivity contribution < 1.29 is 4.55 Å². The molecule has 0 amide bonds. The number of hydrogen-bond donors (Lipinski definition) is 1. The van der Waals surface area contributed by atoms with E-state index in [2.05, 4.69) is 15.3 Å². The summed E-state index contributed by atoms with van der Waals surface area (Å²) in [6, 6.07) is 0.436. The van der Waals surface area contributed by atoms with E-state index in [1.807, 2.05) is 0 Å². The van der Waals surface area contributed by atoms with E-state index in [1.54, 1.807) is 0 Å². The van der Waals surface area contributed by atoms with Crippen LogP contribution in [0.3, 0.4) is 0 Å². The van der Waals surface area contributed by atoms with Gasteiger partial charge >= 0.3 is 0 Å². The second-order valence-corrected chi connectivity index (χ2v) is 6.74. The van der Waals surface area contributed by atoms with Gasteiger partial charge in [0.15, 0.2) is 5.82 Å². The van der Waals surface area contributed by atoms with Crippen LogP contribution in [0.5, 0.6) is 0 Å². The molecule has 0 spiro atoms. The number of aryl methyl sites for hydroxylation is 1. The molecular weight excluding hydrogens is 270 g/mol. The molecule has 0 radical (unpaired) electrons. The third-order valence-corrected chi connectivity index (χ3v) is 5.23. The minimum Gasteiger partial charge on any atom is -0.611 e. The predicted molar refractivity (Wildman–Crippen MR) is 72.5 cm³/mol. The van der Waals surface area contributed by atoms with Gasteiger partial charge in [0.1, 0.15) is 11.4 Å². The molecule has 6 heteroatoms. The lowest BCUT2D eigenvalue weighted by molar-refractivity contribution is 0.461. The predicted octanol–water partition coefficient (Wildman–Crippen LogP) is 2.54. The van der Waals surface area contributed by atoms with Crippen LogP contribution in [0.2, 0.25) is 5.28 Å². The lowest BCUT2D eigenvalue weighted by atomic mass is 9.95. The summed E-state index contributed by atoms with van der Waals surface area (Å²) >= 11 is 4.96. The molecule has 2 aliphatic rings. The van der Waals surface area contributed by atoms with Gasteiger partial charge in [-0.1, -0.05) is 19.3 Å². The highest BCUT2D eigenvalue weighted by atomic mass is 35.5. The number of nitrogens with zero attached hydrogens (tertiary/aromatic N) is 2. The fraction of sp³-hybridized carbons (Fsp3) is 0.667. The summed E-state index contributed by atoms with van der Waals surface area (Å²) in [7, 11) is 0. The zero-order valence-corrected chi connectivity index (χ0v) is 11.7. The van der Waals surface area contributed by atoms with E-state index in [-0.39, 0.29) is 5.28 Å². The van der Waals surface area contributed by atoms with Crippen LogP contribution in [-0.4, -0.2) is 26.3 Å². The second-order valence-electron chi connectivity index (χ2n) is 4.90. The van der Waals surface area contributed by atoms with Crippen molar-refractivity contribution in [3.05, 3.63) is 11.0 Å². The van der Waals surface area contributed by atoms with Gasteiger partial charge in [-0.2, -0.15) is 4.98 Å². The molecular formula is C12H16ClN3OS. The van der Waals surface area contributed by atoms with Gasteiger partial charge in [0.2, 0.25) is 10.2 Å². The minimum absolute atomic E-state index is 0.256. The van der Waals surface area contributed by atoms with E-state index >= 15 is 0 Å². The van der Waals surface area contributed by atoms with Gasteiger partial charge in [-0.3, -0.25) is 0 Å². The normalized spacial score (nSPS) is 24.0. The summed E-state index contributed by atoms with van der Waals surface area (Å²) < 4.78 is 12.0. The average Bonchev–Trinajstić information content (AvgIpc) is 2.72. The minimum atomic E-state index is -0.968. The molecule has 1 aromatic heterocycles. The molecule has 1 saturated carbocycles. The van der Waals surface area contributed by atoms with Gasteiger partial charge in [-0.15, -0.1) is 0 Å². The Morgan fingerprint density at radius 1 is 1.22 bits per heavy atom. The Hall–Kier alpha value is -0.520. The van der Waals surface area contributed by atoms with Crippen LogP contribution in [0.1, 0.15) is 37.8 Å². The highest BCUT2D eigenvalue weighted by Crippen LogP contribution is 2.33. The van der Waals surface area contributed by atoms with Gasteiger partial charge in [-0.25, -0.2) is 4.98 Å². The van der Waals surface area contributed by atoms with Crippen LogP contribution in [0.25, 0.3) is 0 Å². The van der Waals surface area contributed by atoms with Gasteiger partial charge in [0, 0.05) is 12.5 Å². The number of anilines is 1. The van der Waals surface area contributed by atoms with E-state index in [9.17, 15) is 4.55 Å². The number of hydrogen-bond acceptors (Lipinski definition) is 4. The van der Waals surface area contributed by atoms with Gasteiger partial charge in [-0.05, 0) is 35.6 Å². The summed E-state index contributed by atoms with van der Waals surface area (Å²) in [5, 5.41) is 3.68. The van der Waals surface area contributed by atoms with Crippen LogP contribution in [0.4, 0.5) is 5.82 Å². The maximum Gasteiger partial charge on any atom is 0.224 e. The molecule has 0 aromatic carbocycles. The van der Waals surface area contributed by atoms with Crippen molar-refractivity contribution in [2.75, 3.05) is 11.1 Å². The van der Waals surface area contributed by atoms with Crippen LogP contribution in [-0.2, 0) is 17.6 Å². The van der Waals surface area contributed by atoms with Gasteiger partial charge < -0.3 is 9.87 Å². The molecule has 18 heavy (non-hydrogen) atoms. The van der Waals surface area contributed by atoms with Gasteiger partial charge in [0.05, 0.1) is 0 Å². The van der Waals surface area contributed by atoms with E-state index in [1.165, 1.54) is 19.3 Å². The molecule has 0 bridgehead atoms. The molecule has 4 nitrogen and oxygen atoms in total. The largest absolute Gasteiger partial charge is 0.611 e. The van der Waals surface area contributed by atoms with Crippen LogP contribution < -0.4 is 5.32 Å². The Morgan fingerprint density at radius 2 is 2.00 bits per heavy atom. The zero-order chi connectivity index (χ0) is 12.5. The molecule has 1 aliphatic carbocycles. The number of nitrogens with one attached hydrogen (secondary N) is 1. The topological polar surface area (TPSA) is 60.9 Å². The average molecular weight is 286 g/mol. The molecule has 0 saturated heterocycles. The lowest BCUT2D eigenvalue weighted by Gasteiger charge is -2.23. The maximum absolute atomic E-state index is 12.0. The van der Waals surface area contributed by atoms with E-state index in [4.69, 9.17) is 11.6 Å². The first-order valence-corrected chi connectivity index (χ1v) is 8.15. The zero-order valence-electron chi connectivity index (χ0n) is 10.1. The van der Waals surface area contributed by atoms with Crippen LogP contribution in [0.15, 0.2) is 4.90 Å². The third-order valence-electron chi connectivity index (χ3n) is 3.61. The van der Waals surface area contributed by atoms with Crippen molar-refractivity contribution in [2.45, 2.75) is 49.5 Å². The molecule has 2 heterocycles. The molecule has 1 aromatic rings. The smallest absolute Gasteiger partial charge is 0.224 e. The summed E-state index contributed by atoms with van der Waals surface area (Å²) in [5.41, 5.74) is 0.853. The summed E-state index contributed by atoms with van der Waals surface area (Å²) in [4.78, 5) is 9.20. The highest BCUT2D eigenvalue weighted by Gasteiger charge is 2.32. The molecule has 1 atom stereocenters. The highest BCUT2D eigenvalue weighted by molar-refractivity contribution is 7.91. The monoisotopic (exact) mass is 285 g/mol. The standard InChI is InChI=1S/C12H16ClN3OS/c13-12-15-9-6-7-18(17)10(9)11(16-12)14-8-4-2-1-3-5-8/h8H,1-7H2,(H,14,15,16). The first-order chi connectivity index (χ1) is 8.74. The van der Waals surface area contributed by atoms with Crippen molar-refractivity contribution in [2.24, 2.45) is 0 Å². The Bertz CT molecular complexity index is 451. The third kappa shape index (κ3) is 2.44. The second kappa shape index (κ2) is 5.23. The van der Waals surface area contributed by atoms with Crippen molar-refractivity contribution >= 4 is 28.6 Å². The number of fused-ring (bicyclic) bond motifs is 1. The first-order valence-electron chi connectivity index (χ1n) is 6.45. The Morgan fingerprint density at radius 3 is 2.78 bits per heavy atom. The van der Waals surface area contributed by atoms with Crippen LogP contribution >= 0.6 is 11.6 Å². The summed E-state index contributed by atoms with van der Waals surface area (Å²) in [6.45, 7) is 0. The fourth-order valence-electron chi connectivity index (χ4n) is 2.71. The Kier molecular flexibility index (Phi) is 3.63. The van der Waals surface area contributed by atoms with Gasteiger partial charge in [0.25, 0.3) is 0 Å². The Balaban J connectivity index is 1.86. The van der Waals surface area contributed by atoms with Crippen molar-refractivity contribution in [3.8, 4) is 0 Å². The SMILES string of the molecule is [O-][S+]1CCc2nc(Cl)nc(NC3CCCCC3)c21. The van der Waals surface area contributed by atoms with Crippen molar-refractivity contribution in [3.63, 3.8) is 0 Å². The molecule has 98 valence electrons. The number of rotatable bonds is 2. The molecule has 3 rings (SSSR count). The van der Waals surface area contributed by atoms with Crippen molar-refractivity contribution in [1.82, 2.24) is 9.97 Å². The van der Waals surface area contributed by atoms with Crippen LogP contribution in [0, 0.1) is 0 Å². The Labute approximate surface area is 115 Å². The van der Waals surface area contributed by atoms with Crippen molar-refractivity contribution in [1.29, 1.82) is 0 Å². The van der Waals surface area contributed by atoms with E-state index < -0.39 is 11.2 Å². The molecule has 1 N–H and O–H groups in total. The first kappa shape index (κ1) is 12.5. The van der Waals surface area contributed by atoms with E-state index in [0.29, 0.717) is 17.6 Å². The number of halogens is 1. The maximum atomic E-state index is 12.0. The number of aromatic nitrogens is 2. The summed E-state index contributed by atoms with van der Waals surface area (Å²) in [5.74, 6) is 1.34. The fourth-order valence-corrected chi connectivity index (χ4v) is 4.21. The lowest BCUT2D eigenvalue weighted by Crippen LogP contribution is -2.24. The molecule has 1 fully saturated rings. The molecule has 1 unspecified atom stereocenters. The van der Waals surface area contributed by atoms with E-state index in [0.717, 1.165) is 29.9 Å². The summed E-state index contributed by atoms with van der Waals surface area (Å²) in [6.07, 6.45) is 6.87. The quantitative estimate of drug-likeness (QED) is 0.670.